The summed E-state index contributed by atoms with van der Waals surface area (Å²) in [6.45, 7) is 6.26. The Balaban J connectivity index is 1.75. The predicted molar refractivity (Wildman–Crippen MR) is 94.1 cm³/mol. The first-order valence-electron chi connectivity index (χ1n) is 7.66. The molecule has 2 aromatic heterocycles. The SMILES string of the molecule is Cc1cc(CN(C)C(=O)c2ccc(-c3sc(C)nc3C)cc2)on1. The van der Waals surface area contributed by atoms with Crippen LogP contribution in [0.5, 0.6) is 0 Å². The zero-order chi connectivity index (χ0) is 17.3. The van der Waals surface area contributed by atoms with E-state index in [0.717, 1.165) is 26.8 Å². The minimum absolute atomic E-state index is 0.0483. The molecule has 0 radical (unpaired) electrons. The molecule has 0 aliphatic carbocycles. The Kier molecular flexibility index (Phi) is 4.49. The molecule has 0 saturated heterocycles. The number of rotatable bonds is 4. The second kappa shape index (κ2) is 6.57. The summed E-state index contributed by atoms with van der Waals surface area (Å²) in [7, 11) is 1.75. The van der Waals surface area contributed by atoms with E-state index in [9.17, 15) is 4.79 Å². The number of nitrogens with zero attached hydrogens (tertiary/aromatic N) is 3. The molecule has 0 aliphatic heterocycles. The van der Waals surface area contributed by atoms with Crippen molar-refractivity contribution in [1.29, 1.82) is 0 Å². The Labute approximate surface area is 144 Å². The van der Waals surface area contributed by atoms with Gasteiger partial charge < -0.3 is 9.42 Å². The van der Waals surface area contributed by atoms with Crippen LogP contribution in [-0.4, -0.2) is 28.0 Å². The fourth-order valence-electron chi connectivity index (χ4n) is 2.58. The fraction of sp³-hybridized carbons (Fsp3) is 0.278. The van der Waals surface area contributed by atoms with Gasteiger partial charge in [-0.15, -0.1) is 11.3 Å². The largest absolute Gasteiger partial charge is 0.359 e. The summed E-state index contributed by atoms with van der Waals surface area (Å²) in [6, 6.07) is 9.49. The summed E-state index contributed by atoms with van der Waals surface area (Å²) in [5, 5.41) is 4.89. The second-order valence-electron chi connectivity index (χ2n) is 5.82. The van der Waals surface area contributed by atoms with Gasteiger partial charge in [-0.3, -0.25) is 4.79 Å². The van der Waals surface area contributed by atoms with E-state index < -0.39 is 0 Å². The van der Waals surface area contributed by atoms with Crippen molar-refractivity contribution in [2.75, 3.05) is 7.05 Å². The molecule has 0 bridgehead atoms. The van der Waals surface area contributed by atoms with Crippen LogP contribution in [0.3, 0.4) is 0 Å². The molecule has 3 rings (SSSR count). The fourth-order valence-corrected chi connectivity index (χ4v) is 3.51. The minimum atomic E-state index is -0.0483. The van der Waals surface area contributed by atoms with Gasteiger partial charge in [-0.05, 0) is 38.5 Å². The van der Waals surface area contributed by atoms with Crippen LogP contribution in [0.15, 0.2) is 34.9 Å². The van der Waals surface area contributed by atoms with E-state index in [1.165, 1.54) is 0 Å². The van der Waals surface area contributed by atoms with Crippen LogP contribution in [0.25, 0.3) is 10.4 Å². The maximum absolute atomic E-state index is 12.5. The highest BCUT2D eigenvalue weighted by molar-refractivity contribution is 7.15. The molecular weight excluding hydrogens is 322 g/mol. The average molecular weight is 341 g/mol. The highest BCUT2D eigenvalue weighted by Gasteiger charge is 2.15. The van der Waals surface area contributed by atoms with Gasteiger partial charge in [-0.1, -0.05) is 17.3 Å². The third-order valence-electron chi connectivity index (χ3n) is 3.71. The minimum Gasteiger partial charge on any atom is -0.359 e. The molecule has 124 valence electrons. The van der Waals surface area contributed by atoms with Gasteiger partial charge in [0.25, 0.3) is 5.91 Å². The molecule has 0 spiro atoms. The lowest BCUT2D eigenvalue weighted by Gasteiger charge is -2.15. The Morgan fingerprint density at radius 1 is 1.21 bits per heavy atom. The van der Waals surface area contributed by atoms with Crippen molar-refractivity contribution >= 4 is 17.2 Å². The molecule has 1 aromatic carbocycles. The molecule has 0 saturated carbocycles. The molecule has 6 heteroatoms. The third kappa shape index (κ3) is 3.38. The summed E-state index contributed by atoms with van der Waals surface area (Å²) in [5.74, 6) is 0.628. The molecule has 24 heavy (non-hydrogen) atoms. The normalized spacial score (nSPS) is 10.8. The van der Waals surface area contributed by atoms with Crippen LogP contribution in [0, 0.1) is 20.8 Å². The number of hydrogen-bond donors (Lipinski definition) is 0. The van der Waals surface area contributed by atoms with Gasteiger partial charge >= 0.3 is 0 Å². The Hall–Kier alpha value is -2.47. The topological polar surface area (TPSA) is 59.2 Å². The van der Waals surface area contributed by atoms with Gasteiger partial charge in [0, 0.05) is 18.7 Å². The lowest BCUT2D eigenvalue weighted by atomic mass is 10.1. The van der Waals surface area contributed by atoms with Gasteiger partial charge in [-0.25, -0.2) is 4.98 Å². The summed E-state index contributed by atoms with van der Waals surface area (Å²) in [4.78, 5) is 19.7. The molecule has 0 fully saturated rings. The van der Waals surface area contributed by atoms with Gasteiger partial charge in [0.05, 0.1) is 27.8 Å². The Bertz CT molecular complexity index is 865. The molecule has 3 aromatic rings. The molecule has 0 aliphatic rings. The number of carbonyl (C=O) groups is 1. The van der Waals surface area contributed by atoms with Gasteiger partial charge in [-0.2, -0.15) is 0 Å². The first-order chi connectivity index (χ1) is 11.4. The van der Waals surface area contributed by atoms with Crippen molar-refractivity contribution < 1.29 is 9.32 Å². The number of benzene rings is 1. The molecular formula is C18H19N3O2S. The summed E-state index contributed by atoms with van der Waals surface area (Å²) in [5.41, 5.74) is 3.57. The summed E-state index contributed by atoms with van der Waals surface area (Å²) in [6.07, 6.45) is 0. The predicted octanol–water partition coefficient (Wildman–Crippen LogP) is 4.00. The lowest BCUT2D eigenvalue weighted by Crippen LogP contribution is -2.25. The standard InChI is InChI=1S/C18H19N3O2S/c1-11-9-16(23-20-11)10-21(4)18(22)15-7-5-14(6-8-15)17-12(2)19-13(3)24-17/h5-9H,10H2,1-4H3. The van der Waals surface area contributed by atoms with E-state index in [4.69, 9.17) is 4.52 Å². The van der Waals surface area contributed by atoms with Crippen LogP contribution >= 0.6 is 11.3 Å². The van der Waals surface area contributed by atoms with Crippen LogP contribution < -0.4 is 0 Å². The van der Waals surface area contributed by atoms with Crippen molar-refractivity contribution in [1.82, 2.24) is 15.0 Å². The van der Waals surface area contributed by atoms with Crippen LogP contribution in [0.1, 0.15) is 32.5 Å². The van der Waals surface area contributed by atoms with Crippen molar-refractivity contribution in [2.24, 2.45) is 0 Å². The molecule has 0 unspecified atom stereocenters. The first kappa shape index (κ1) is 16.4. The highest BCUT2D eigenvalue weighted by atomic mass is 32.1. The average Bonchev–Trinajstić information content (AvgIpc) is 3.11. The van der Waals surface area contributed by atoms with E-state index in [0.29, 0.717) is 17.9 Å². The van der Waals surface area contributed by atoms with E-state index in [-0.39, 0.29) is 5.91 Å². The van der Waals surface area contributed by atoms with Crippen LogP contribution in [-0.2, 0) is 6.54 Å². The Morgan fingerprint density at radius 3 is 2.46 bits per heavy atom. The number of aryl methyl sites for hydroxylation is 3. The lowest BCUT2D eigenvalue weighted by molar-refractivity contribution is 0.0772. The second-order valence-corrected chi connectivity index (χ2v) is 7.02. The number of aromatic nitrogens is 2. The van der Waals surface area contributed by atoms with Crippen molar-refractivity contribution in [3.8, 4) is 10.4 Å². The smallest absolute Gasteiger partial charge is 0.254 e. The van der Waals surface area contributed by atoms with E-state index in [2.05, 4.69) is 10.1 Å². The highest BCUT2D eigenvalue weighted by Crippen LogP contribution is 2.29. The van der Waals surface area contributed by atoms with Gasteiger partial charge in [0.1, 0.15) is 0 Å². The number of thiazole rings is 1. The van der Waals surface area contributed by atoms with Gasteiger partial charge in [0.2, 0.25) is 0 Å². The molecule has 5 nitrogen and oxygen atoms in total. The number of carbonyl (C=O) groups excluding carboxylic acids is 1. The van der Waals surface area contributed by atoms with Crippen LogP contribution in [0.4, 0.5) is 0 Å². The first-order valence-corrected chi connectivity index (χ1v) is 8.48. The summed E-state index contributed by atoms with van der Waals surface area (Å²) >= 11 is 1.67. The Morgan fingerprint density at radius 2 is 1.92 bits per heavy atom. The van der Waals surface area contributed by atoms with Crippen LogP contribution in [0.2, 0.25) is 0 Å². The van der Waals surface area contributed by atoms with Crippen molar-refractivity contribution in [3.05, 3.63) is 58.1 Å². The van der Waals surface area contributed by atoms with E-state index in [1.54, 1.807) is 23.3 Å². The maximum atomic E-state index is 12.5. The molecule has 1 amide bonds. The molecule has 0 N–H and O–H groups in total. The zero-order valence-electron chi connectivity index (χ0n) is 14.2. The molecule has 2 heterocycles. The summed E-state index contributed by atoms with van der Waals surface area (Å²) < 4.78 is 5.16. The number of hydrogen-bond acceptors (Lipinski definition) is 5. The van der Waals surface area contributed by atoms with E-state index in [1.807, 2.05) is 51.1 Å². The monoisotopic (exact) mass is 341 g/mol. The van der Waals surface area contributed by atoms with E-state index >= 15 is 0 Å². The van der Waals surface area contributed by atoms with Gasteiger partial charge in [0.15, 0.2) is 5.76 Å². The van der Waals surface area contributed by atoms with Crippen molar-refractivity contribution in [3.63, 3.8) is 0 Å². The third-order valence-corrected chi connectivity index (χ3v) is 4.84. The molecule has 0 atom stereocenters. The van der Waals surface area contributed by atoms with Crippen molar-refractivity contribution in [2.45, 2.75) is 27.3 Å². The zero-order valence-corrected chi connectivity index (χ0v) is 15.0. The maximum Gasteiger partial charge on any atom is 0.254 e. The number of amides is 1. The quantitative estimate of drug-likeness (QED) is 0.720.